The first-order chi connectivity index (χ1) is 29.9. The number of aryl methyl sites for hydroxylation is 1. The number of hydrogen-bond donors (Lipinski definition) is 0. The zero-order chi connectivity index (χ0) is 41.8. The molecule has 4 heterocycles. The molecule has 0 N–H and O–H groups in total. The molecule has 0 saturated heterocycles. The van der Waals surface area contributed by atoms with Crippen molar-refractivity contribution in [2.75, 3.05) is 4.81 Å². The van der Waals surface area contributed by atoms with Crippen LogP contribution in [0.5, 0.6) is 0 Å². The maximum Gasteiger partial charge on any atom is 0.333 e. The Kier molecular flexibility index (Phi) is 6.40. The van der Waals surface area contributed by atoms with E-state index >= 15 is 0 Å². The average Bonchev–Trinajstić information content (AvgIpc) is 3.90. The van der Waals surface area contributed by atoms with Crippen molar-refractivity contribution in [3.8, 4) is 27.9 Å². The summed E-state index contributed by atoms with van der Waals surface area (Å²) in [5.41, 5.74) is 23.1. The van der Waals surface area contributed by atoms with Crippen LogP contribution in [0.2, 0.25) is 0 Å². The van der Waals surface area contributed by atoms with Gasteiger partial charge in [-0.05, 0) is 122 Å². The van der Waals surface area contributed by atoms with Gasteiger partial charge in [-0.2, -0.15) is 0 Å². The van der Waals surface area contributed by atoms with E-state index in [0.29, 0.717) is 0 Å². The number of benzene rings is 8. The summed E-state index contributed by atoms with van der Waals surface area (Å²) >= 11 is 0. The predicted octanol–water partition coefficient (Wildman–Crippen LogP) is 14.0. The highest BCUT2D eigenvalue weighted by Gasteiger charge is 2.50. The van der Waals surface area contributed by atoms with Crippen LogP contribution in [-0.4, -0.2) is 11.4 Å². The normalized spacial score (nSPS) is 17.1. The molecule has 298 valence electrons. The van der Waals surface area contributed by atoms with Crippen LogP contribution in [0.3, 0.4) is 0 Å². The lowest BCUT2D eigenvalue weighted by atomic mass is 9.43. The van der Waals surface area contributed by atoms with E-state index in [4.69, 9.17) is 4.42 Å². The topological polar surface area (TPSA) is 21.3 Å². The molecule has 8 aromatic carbocycles. The van der Waals surface area contributed by atoms with Gasteiger partial charge in [-0.1, -0.05) is 145 Å². The summed E-state index contributed by atoms with van der Waals surface area (Å²) in [7, 11) is 0. The van der Waals surface area contributed by atoms with Gasteiger partial charge in [0.25, 0.3) is 0 Å². The van der Waals surface area contributed by atoms with Gasteiger partial charge in [0, 0.05) is 55.0 Å². The molecule has 0 radical (unpaired) electrons. The zero-order valence-corrected chi connectivity index (χ0v) is 36.5. The molecule has 2 aliphatic carbocycles. The van der Waals surface area contributed by atoms with E-state index < -0.39 is 0 Å². The summed E-state index contributed by atoms with van der Waals surface area (Å²) in [5.74, 6) is 0. The third-order valence-corrected chi connectivity index (χ3v) is 16.1. The molecule has 0 saturated carbocycles. The van der Waals surface area contributed by atoms with E-state index in [1.807, 2.05) is 0 Å². The smallest absolute Gasteiger partial charge is 0.333 e. The Hall–Kier alpha value is -6.52. The van der Waals surface area contributed by atoms with Crippen molar-refractivity contribution in [2.24, 2.45) is 0 Å². The summed E-state index contributed by atoms with van der Waals surface area (Å²) in [6.07, 6.45) is 2.35. The Balaban J connectivity index is 1.23. The van der Waals surface area contributed by atoms with Crippen molar-refractivity contribution in [1.82, 2.24) is 4.57 Å². The number of aromatic nitrogens is 1. The van der Waals surface area contributed by atoms with Crippen LogP contribution in [0.1, 0.15) is 82.2 Å². The summed E-state index contributed by atoms with van der Waals surface area (Å²) in [5, 5.41) is 7.47. The van der Waals surface area contributed by atoms with Crippen LogP contribution in [0.15, 0.2) is 138 Å². The lowest BCUT2D eigenvalue weighted by Crippen LogP contribution is -2.61. The second-order valence-corrected chi connectivity index (χ2v) is 20.7. The third-order valence-electron chi connectivity index (χ3n) is 16.1. The number of furan rings is 1. The van der Waals surface area contributed by atoms with Gasteiger partial charge in [0.15, 0.2) is 0 Å². The molecule has 62 heavy (non-hydrogen) atoms. The van der Waals surface area contributed by atoms with Crippen LogP contribution in [0.25, 0.3) is 82.5 Å². The SMILES string of the molecule is Cc1cc2c(cc1N1B3c4c(cc5c(c4-c4c1ccc1c4oc4ccccc41)C(C)(C)c1ccccc1-5)-n1c4c3cccc4c3ccc4ccccc4c31)C(C)(C)CCC2(C)C. The first-order valence-electron chi connectivity index (χ1n) is 22.6. The highest BCUT2D eigenvalue weighted by Crippen LogP contribution is 2.59. The fourth-order valence-corrected chi connectivity index (χ4v) is 13.0. The molecule has 4 heteroatoms. The first kappa shape index (κ1) is 35.1. The molecule has 4 aliphatic rings. The molecule has 2 aliphatic heterocycles. The van der Waals surface area contributed by atoms with Crippen LogP contribution >= 0.6 is 0 Å². The van der Waals surface area contributed by atoms with Gasteiger partial charge in [0.05, 0.1) is 11.0 Å². The summed E-state index contributed by atoms with van der Waals surface area (Å²) < 4.78 is 9.88. The Labute approximate surface area is 362 Å². The Morgan fingerprint density at radius 3 is 2.06 bits per heavy atom. The van der Waals surface area contributed by atoms with Crippen molar-refractivity contribution < 1.29 is 4.42 Å². The monoisotopic (exact) mass is 798 g/mol. The van der Waals surface area contributed by atoms with E-state index in [2.05, 4.69) is 191 Å². The number of rotatable bonds is 1. The fourth-order valence-electron chi connectivity index (χ4n) is 13.0. The van der Waals surface area contributed by atoms with Crippen molar-refractivity contribution in [3.63, 3.8) is 0 Å². The minimum absolute atomic E-state index is 0.0500. The summed E-state index contributed by atoms with van der Waals surface area (Å²) in [6.45, 7) is 17.0. The van der Waals surface area contributed by atoms with Crippen LogP contribution < -0.4 is 15.7 Å². The summed E-state index contributed by atoms with van der Waals surface area (Å²) in [4.78, 5) is 2.75. The van der Waals surface area contributed by atoms with Crippen LogP contribution in [0, 0.1) is 6.92 Å². The summed E-state index contributed by atoms with van der Waals surface area (Å²) in [6, 6.07) is 51.0. The molecule has 0 unspecified atom stereocenters. The van der Waals surface area contributed by atoms with Crippen molar-refractivity contribution in [3.05, 3.63) is 161 Å². The highest BCUT2D eigenvalue weighted by atomic mass is 16.3. The molecule has 0 atom stereocenters. The second-order valence-electron chi connectivity index (χ2n) is 20.7. The quantitative estimate of drug-likeness (QED) is 0.154. The highest BCUT2D eigenvalue weighted by molar-refractivity contribution is 6.94. The number of para-hydroxylation sites is 2. The molecule has 0 bridgehead atoms. The number of fused-ring (bicyclic) bond motifs is 18. The molecule has 10 aromatic rings. The Morgan fingerprint density at radius 2 is 1.23 bits per heavy atom. The predicted molar refractivity (Wildman–Crippen MR) is 262 cm³/mol. The molecule has 14 rings (SSSR count). The number of hydrogen-bond acceptors (Lipinski definition) is 2. The Bertz CT molecular complexity index is 3710. The number of anilines is 2. The van der Waals surface area contributed by atoms with E-state index in [1.54, 1.807) is 0 Å². The lowest BCUT2D eigenvalue weighted by molar-refractivity contribution is 0.332. The maximum atomic E-state index is 7.21. The van der Waals surface area contributed by atoms with Crippen molar-refractivity contribution in [2.45, 2.75) is 77.6 Å². The van der Waals surface area contributed by atoms with E-state index in [0.717, 1.165) is 23.0 Å². The van der Waals surface area contributed by atoms with Gasteiger partial charge >= 0.3 is 6.85 Å². The largest absolute Gasteiger partial charge is 0.455 e. The van der Waals surface area contributed by atoms with Gasteiger partial charge in [-0.25, -0.2) is 0 Å². The van der Waals surface area contributed by atoms with E-state index in [1.165, 1.54) is 122 Å². The minimum atomic E-state index is -0.260. The fraction of sp³-hybridized carbons (Fsp3) is 0.207. The molecular formula is C58H47BN2O. The average molecular weight is 799 g/mol. The van der Waals surface area contributed by atoms with Crippen molar-refractivity contribution in [1.29, 1.82) is 0 Å². The van der Waals surface area contributed by atoms with Gasteiger partial charge < -0.3 is 13.8 Å². The maximum absolute atomic E-state index is 7.21. The van der Waals surface area contributed by atoms with Gasteiger partial charge in [-0.15, -0.1) is 0 Å². The second kappa shape index (κ2) is 11.3. The Morgan fingerprint density at radius 1 is 0.532 bits per heavy atom. The van der Waals surface area contributed by atoms with Crippen molar-refractivity contribution >= 4 is 83.7 Å². The zero-order valence-electron chi connectivity index (χ0n) is 36.5. The van der Waals surface area contributed by atoms with Gasteiger partial charge in [0.1, 0.15) is 11.2 Å². The van der Waals surface area contributed by atoms with Gasteiger partial charge in [-0.3, -0.25) is 0 Å². The molecule has 0 amide bonds. The third kappa shape index (κ3) is 4.10. The van der Waals surface area contributed by atoms with Gasteiger partial charge in [0.2, 0.25) is 0 Å². The molecule has 0 spiro atoms. The first-order valence-corrected chi connectivity index (χ1v) is 22.6. The molecular weight excluding hydrogens is 751 g/mol. The molecule has 2 aromatic heterocycles. The molecule has 3 nitrogen and oxygen atoms in total. The minimum Gasteiger partial charge on any atom is -0.455 e. The standard InChI is InChI=1S/C58H47BN2O/c1-32-29-42-43(57(4,5)28-27-56(42,2)3)31-46(32)61-45-26-25-39-36-18-11-13-22-48(36)62-55(39)49(45)50-51-40(35-17-10-12-20-41(35)58(51,6)7)30-47-52(50)59(61)44-21-14-19-37-38-24-23-33-15-8-9-16-34(33)53(38)60(47)54(37)44/h8-26,29-31H,27-28H2,1-7H3. The number of nitrogens with zero attached hydrogens (tertiary/aromatic N) is 2. The molecule has 0 fully saturated rings. The lowest BCUT2D eigenvalue weighted by Gasteiger charge is -2.46. The van der Waals surface area contributed by atoms with E-state index in [9.17, 15) is 0 Å². The van der Waals surface area contributed by atoms with E-state index in [-0.39, 0.29) is 23.1 Å². The van der Waals surface area contributed by atoms with Crippen LogP contribution in [0.4, 0.5) is 11.4 Å². The van der Waals surface area contributed by atoms with Crippen LogP contribution in [-0.2, 0) is 16.2 Å².